The van der Waals surface area contributed by atoms with Crippen molar-refractivity contribution < 1.29 is 14.8 Å². The van der Waals surface area contributed by atoms with E-state index in [1.165, 1.54) is 11.6 Å². The minimum Gasteiger partial charge on any atom is -0.507 e. The maximum atomic E-state index is 13.3. The van der Waals surface area contributed by atoms with Gasteiger partial charge in [-0.05, 0) is 23.8 Å². The van der Waals surface area contributed by atoms with Gasteiger partial charge in [-0.2, -0.15) is 4.57 Å². The molecule has 0 fully saturated rings. The maximum Gasteiger partial charge on any atom is 0.417 e. The van der Waals surface area contributed by atoms with Crippen LogP contribution in [0.25, 0.3) is 5.76 Å². The number of hydrogen-bond acceptors (Lipinski definition) is 4. The topological polar surface area (TPSA) is 87.4 Å². The van der Waals surface area contributed by atoms with Crippen LogP contribution in [0.3, 0.4) is 0 Å². The first kappa shape index (κ1) is 18.2. The van der Waals surface area contributed by atoms with Gasteiger partial charge in [0.1, 0.15) is 22.8 Å². The Morgan fingerprint density at radius 1 is 1.00 bits per heavy atom. The predicted octanol–water partition coefficient (Wildman–Crippen LogP) is 0.722. The number of benzene rings is 2. The molecule has 7 heteroatoms. The lowest BCUT2D eigenvalue weighted by Gasteiger charge is -2.24. The molecule has 0 bridgehead atoms. The van der Waals surface area contributed by atoms with E-state index in [-0.39, 0.29) is 5.76 Å². The Morgan fingerprint density at radius 3 is 2.47 bits per heavy atom. The smallest absolute Gasteiger partial charge is 0.417 e. The second kappa shape index (κ2) is 6.32. The van der Waals surface area contributed by atoms with Gasteiger partial charge in [-0.1, -0.05) is 30.3 Å². The fourth-order valence-corrected chi connectivity index (χ4v) is 4.43. The maximum absolute atomic E-state index is 13.3. The van der Waals surface area contributed by atoms with Crippen molar-refractivity contribution in [3.8, 4) is 5.75 Å². The van der Waals surface area contributed by atoms with Gasteiger partial charge in [0.25, 0.3) is 11.4 Å². The number of nitrogens with zero attached hydrogens (tertiary/aromatic N) is 2. The van der Waals surface area contributed by atoms with E-state index in [9.17, 15) is 14.7 Å². The van der Waals surface area contributed by atoms with Crippen molar-refractivity contribution in [3.05, 3.63) is 97.2 Å². The fraction of sp³-hybridized carbons (Fsp3) is 0.174. The molecule has 1 atom stereocenters. The highest BCUT2D eigenvalue weighted by Crippen LogP contribution is 2.43. The molecule has 0 saturated heterocycles. The van der Waals surface area contributed by atoms with E-state index in [1.807, 2.05) is 48.5 Å². The number of aliphatic hydroxyl groups is 1. The standard InChI is InChI=1S/C23H19N3O4/c1-25-21-18(22(28)26(2)23(25)29)16(12-7-6-8-13(11-12)30-3)17-19(24-21)14-9-4-5-10-15(14)20(17)27/h4-11,16,27H,1-3H3/p+1. The summed E-state index contributed by atoms with van der Waals surface area (Å²) in [6.07, 6.45) is 0. The zero-order valence-electron chi connectivity index (χ0n) is 16.8. The highest BCUT2D eigenvalue weighted by Gasteiger charge is 2.44. The third-order valence-corrected chi connectivity index (χ3v) is 5.92. The summed E-state index contributed by atoms with van der Waals surface area (Å²) in [7, 11) is 4.68. The van der Waals surface area contributed by atoms with Gasteiger partial charge >= 0.3 is 5.69 Å². The van der Waals surface area contributed by atoms with E-state index in [2.05, 4.69) is 4.99 Å². The van der Waals surface area contributed by atoms with Crippen LogP contribution in [0.1, 0.15) is 28.2 Å². The van der Waals surface area contributed by atoms with Gasteiger partial charge in [0.05, 0.1) is 25.6 Å². The SMILES string of the molecule is COc1cccc(C2C3=C(O)c4ccccc4C3=[NH+]c3c2c(=O)n(C)c(=O)n3C)c1. The van der Waals surface area contributed by atoms with Gasteiger partial charge in [0.2, 0.25) is 0 Å². The Hall–Kier alpha value is -3.87. The average molecular weight is 402 g/mol. The Balaban J connectivity index is 1.93. The monoisotopic (exact) mass is 402 g/mol. The quantitative estimate of drug-likeness (QED) is 0.661. The highest BCUT2D eigenvalue weighted by molar-refractivity contribution is 6.21. The second-order valence-electron chi connectivity index (χ2n) is 7.49. The number of rotatable bonds is 2. The molecule has 30 heavy (non-hydrogen) atoms. The summed E-state index contributed by atoms with van der Waals surface area (Å²) < 4.78 is 7.92. The van der Waals surface area contributed by atoms with Crippen LogP contribution in [0.2, 0.25) is 0 Å². The van der Waals surface area contributed by atoms with Crippen molar-refractivity contribution in [2.75, 3.05) is 7.11 Å². The third-order valence-electron chi connectivity index (χ3n) is 5.92. The molecule has 150 valence electrons. The number of hydrogen-bond donors (Lipinski definition) is 2. The number of aliphatic hydroxyl groups excluding tert-OH is 1. The first-order valence-electron chi connectivity index (χ1n) is 9.55. The lowest BCUT2D eigenvalue weighted by Crippen LogP contribution is -2.73. The molecule has 2 heterocycles. The average Bonchev–Trinajstić information content (AvgIpc) is 3.07. The number of allylic oxidation sites excluding steroid dienone is 1. The van der Waals surface area contributed by atoms with Gasteiger partial charge in [0.15, 0.2) is 0 Å². The molecule has 0 amide bonds. The van der Waals surface area contributed by atoms with Crippen LogP contribution < -0.4 is 21.0 Å². The van der Waals surface area contributed by atoms with Gasteiger partial charge in [-0.3, -0.25) is 4.79 Å². The molecular formula is C23H20N3O4+. The Morgan fingerprint density at radius 2 is 1.73 bits per heavy atom. The first-order chi connectivity index (χ1) is 14.4. The molecule has 3 aromatic rings. The van der Waals surface area contributed by atoms with Crippen molar-refractivity contribution in [1.82, 2.24) is 9.13 Å². The second-order valence-corrected chi connectivity index (χ2v) is 7.49. The van der Waals surface area contributed by atoms with Gasteiger partial charge in [0, 0.05) is 18.2 Å². The summed E-state index contributed by atoms with van der Waals surface area (Å²) in [5, 5.41) is 11.2. The van der Waals surface area contributed by atoms with Crippen molar-refractivity contribution in [2.45, 2.75) is 5.92 Å². The van der Waals surface area contributed by atoms with Gasteiger partial charge in [-0.15, -0.1) is 0 Å². The Labute approximate surface area is 171 Å². The molecule has 5 rings (SSSR count). The van der Waals surface area contributed by atoms with E-state index in [0.29, 0.717) is 34.0 Å². The molecule has 0 radical (unpaired) electrons. The van der Waals surface area contributed by atoms with E-state index < -0.39 is 17.2 Å². The molecule has 2 N–H and O–H groups in total. The number of methoxy groups -OCH3 is 1. The van der Waals surface area contributed by atoms with Crippen LogP contribution in [0.5, 0.6) is 5.75 Å². The highest BCUT2D eigenvalue weighted by atomic mass is 16.5. The van der Waals surface area contributed by atoms with Crippen LogP contribution in [0, 0.1) is 0 Å². The summed E-state index contributed by atoms with van der Waals surface area (Å²) in [6.45, 7) is 0. The molecule has 1 aliphatic heterocycles. The lowest BCUT2D eigenvalue weighted by atomic mass is 9.81. The molecule has 1 unspecified atom stereocenters. The van der Waals surface area contributed by atoms with E-state index in [1.54, 1.807) is 14.2 Å². The molecule has 7 nitrogen and oxygen atoms in total. The van der Waals surface area contributed by atoms with Crippen molar-refractivity contribution in [3.63, 3.8) is 0 Å². The van der Waals surface area contributed by atoms with E-state index in [0.717, 1.165) is 15.7 Å². The molecule has 0 spiro atoms. The van der Waals surface area contributed by atoms with Crippen molar-refractivity contribution in [2.24, 2.45) is 14.1 Å². The largest absolute Gasteiger partial charge is 0.507 e. The first-order valence-corrected chi connectivity index (χ1v) is 9.55. The van der Waals surface area contributed by atoms with Gasteiger partial charge < -0.3 is 9.84 Å². The van der Waals surface area contributed by atoms with Crippen molar-refractivity contribution in [1.29, 1.82) is 0 Å². The Kier molecular flexibility index (Phi) is 3.83. The third kappa shape index (κ3) is 2.29. The Bertz CT molecular complexity index is 1410. The zero-order valence-corrected chi connectivity index (χ0v) is 16.8. The van der Waals surface area contributed by atoms with Crippen molar-refractivity contribution >= 4 is 17.3 Å². The molecule has 0 saturated carbocycles. The zero-order chi connectivity index (χ0) is 21.2. The number of nitrogens with one attached hydrogen (secondary N) is 1. The molecule has 1 aromatic heterocycles. The molecular weight excluding hydrogens is 382 g/mol. The fourth-order valence-electron chi connectivity index (χ4n) is 4.43. The van der Waals surface area contributed by atoms with E-state index in [4.69, 9.17) is 4.74 Å². The van der Waals surface area contributed by atoms with Crippen LogP contribution >= 0.6 is 0 Å². The summed E-state index contributed by atoms with van der Waals surface area (Å²) in [4.78, 5) is 29.1. The number of ether oxygens (including phenoxy) is 1. The van der Waals surface area contributed by atoms with E-state index >= 15 is 0 Å². The van der Waals surface area contributed by atoms with Gasteiger partial charge in [-0.25, -0.2) is 14.4 Å². The summed E-state index contributed by atoms with van der Waals surface area (Å²) >= 11 is 0. The number of aromatic nitrogens is 2. The number of fused-ring (bicyclic) bond motifs is 4. The predicted molar refractivity (Wildman–Crippen MR) is 112 cm³/mol. The minimum atomic E-state index is -0.566. The molecule has 2 aromatic carbocycles. The lowest BCUT2D eigenvalue weighted by molar-refractivity contribution is -0.364. The van der Waals surface area contributed by atoms with Crippen LogP contribution in [-0.4, -0.2) is 27.1 Å². The minimum absolute atomic E-state index is 0.127. The summed E-state index contributed by atoms with van der Waals surface area (Å²) in [5.74, 6) is 0.636. The van der Waals surface area contributed by atoms with Crippen LogP contribution in [0.4, 0.5) is 5.82 Å². The summed E-state index contributed by atoms with van der Waals surface area (Å²) in [5.41, 5.74) is 3.22. The summed E-state index contributed by atoms with van der Waals surface area (Å²) in [6, 6.07) is 14.9. The van der Waals surface area contributed by atoms with Crippen LogP contribution in [0.15, 0.2) is 63.7 Å². The molecule has 1 aliphatic carbocycles. The van der Waals surface area contributed by atoms with Crippen LogP contribution in [-0.2, 0) is 14.1 Å². The normalized spacial score (nSPS) is 16.6. The molecule has 2 aliphatic rings.